The van der Waals surface area contributed by atoms with Crippen molar-refractivity contribution in [3.8, 4) is 0 Å². The van der Waals surface area contributed by atoms with Gasteiger partial charge in [-0.1, -0.05) is 18.2 Å². The summed E-state index contributed by atoms with van der Waals surface area (Å²) in [6.07, 6.45) is 1.31. The van der Waals surface area contributed by atoms with Gasteiger partial charge in [0, 0.05) is 42.0 Å². The average Bonchev–Trinajstić information content (AvgIpc) is 3.34. The van der Waals surface area contributed by atoms with Crippen molar-refractivity contribution in [1.82, 2.24) is 15.8 Å². The minimum Gasteiger partial charge on any atom is -0.376 e. The molecule has 0 aliphatic carbocycles. The van der Waals surface area contributed by atoms with Gasteiger partial charge in [-0.3, -0.25) is 25.1 Å². The minimum absolute atomic E-state index is 0.0251. The monoisotopic (exact) mass is 396 g/mol. The fourth-order valence-electron chi connectivity index (χ4n) is 3.66. The molecule has 1 fully saturated rings. The van der Waals surface area contributed by atoms with Gasteiger partial charge >= 0.3 is 0 Å². The Morgan fingerprint density at radius 2 is 1.97 bits per heavy atom. The molecule has 150 valence electrons. The van der Waals surface area contributed by atoms with Gasteiger partial charge in [0.25, 0.3) is 17.5 Å². The number of amides is 2. The zero-order valence-electron chi connectivity index (χ0n) is 15.5. The van der Waals surface area contributed by atoms with Crippen molar-refractivity contribution in [2.75, 3.05) is 13.2 Å². The van der Waals surface area contributed by atoms with Crippen LogP contribution in [-0.2, 0) is 4.74 Å². The number of ether oxygens (including phenoxy) is 1. The van der Waals surface area contributed by atoms with Gasteiger partial charge < -0.3 is 9.64 Å². The Bertz CT molecular complexity index is 940. The van der Waals surface area contributed by atoms with Gasteiger partial charge in [-0.15, -0.1) is 0 Å². The molecule has 0 spiro atoms. The number of benzene rings is 2. The first-order valence-corrected chi connectivity index (χ1v) is 9.36. The molecule has 0 aromatic heterocycles. The Labute approximate surface area is 166 Å². The second kappa shape index (κ2) is 7.98. The molecule has 9 nitrogen and oxygen atoms in total. The van der Waals surface area contributed by atoms with Gasteiger partial charge in [-0.25, -0.2) is 5.43 Å². The molecule has 29 heavy (non-hydrogen) atoms. The minimum atomic E-state index is -0.524. The molecule has 2 aromatic carbocycles. The zero-order chi connectivity index (χ0) is 20.4. The van der Waals surface area contributed by atoms with Crippen LogP contribution in [0, 0.1) is 10.1 Å². The largest absolute Gasteiger partial charge is 0.376 e. The van der Waals surface area contributed by atoms with Gasteiger partial charge in [0.2, 0.25) is 0 Å². The van der Waals surface area contributed by atoms with E-state index in [1.807, 2.05) is 12.1 Å². The third-order valence-electron chi connectivity index (χ3n) is 5.15. The lowest BCUT2D eigenvalue weighted by Crippen LogP contribution is -2.47. The van der Waals surface area contributed by atoms with E-state index in [1.165, 1.54) is 24.3 Å². The van der Waals surface area contributed by atoms with Gasteiger partial charge in [-0.05, 0) is 31.0 Å². The van der Waals surface area contributed by atoms with Crippen LogP contribution in [0.3, 0.4) is 0 Å². The van der Waals surface area contributed by atoms with E-state index in [0.29, 0.717) is 18.7 Å². The number of nitro groups is 1. The predicted octanol–water partition coefficient (Wildman–Crippen LogP) is 2.16. The van der Waals surface area contributed by atoms with Crippen molar-refractivity contribution < 1.29 is 19.2 Å². The van der Waals surface area contributed by atoms with Crippen molar-refractivity contribution in [3.05, 3.63) is 75.3 Å². The van der Waals surface area contributed by atoms with Crippen molar-refractivity contribution in [1.29, 1.82) is 0 Å². The fraction of sp³-hybridized carbons (Fsp3) is 0.300. The molecule has 4 rings (SSSR count). The number of fused-ring (bicyclic) bond motifs is 1. The van der Waals surface area contributed by atoms with E-state index in [0.717, 1.165) is 18.4 Å². The molecular weight excluding hydrogens is 376 g/mol. The van der Waals surface area contributed by atoms with Gasteiger partial charge in [0.05, 0.1) is 11.0 Å². The van der Waals surface area contributed by atoms with E-state index in [4.69, 9.17) is 4.74 Å². The summed E-state index contributed by atoms with van der Waals surface area (Å²) in [4.78, 5) is 37.2. The molecule has 9 heteroatoms. The molecule has 1 saturated heterocycles. The highest BCUT2D eigenvalue weighted by Gasteiger charge is 2.38. The summed E-state index contributed by atoms with van der Waals surface area (Å²) < 4.78 is 5.67. The number of nitrogens with zero attached hydrogens (tertiary/aromatic N) is 2. The molecular formula is C20H20N4O5. The summed E-state index contributed by atoms with van der Waals surface area (Å²) in [5.41, 5.74) is 7.10. The molecule has 2 unspecified atom stereocenters. The molecule has 0 saturated carbocycles. The van der Waals surface area contributed by atoms with Crippen LogP contribution in [0.15, 0.2) is 48.5 Å². The fourth-order valence-corrected chi connectivity index (χ4v) is 3.66. The first kappa shape index (κ1) is 19.0. The van der Waals surface area contributed by atoms with E-state index < -0.39 is 17.0 Å². The molecule has 2 aliphatic rings. The molecule has 2 aromatic rings. The Balaban J connectivity index is 1.49. The van der Waals surface area contributed by atoms with Crippen LogP contribution in [0.1, 0.15) is 45.3 Å². The number of hydrogen-bond acceptors (Lipinski definition) is 6. The molecule has 2 atom stereocenters. The van der Waals surface area contributed by atoms with E-state index in [-0.39, 0.29) is 23.3 Å². The smallest absolute Gasteiger partial charge is 0.269 e. The number of carbonyl (C=O) groups excluding carboxylic acids is 2. The second-order valence-corrected chi connectivity index (χ2v) is 6.98. The molecule has 2 amide bonds. The number of rotatable bonds is 6. The third kappa shape index (κ3) is 3.82. The maximum Gasteiger partial charge on any atom is 0.269 e. The Morgan fingerprint density at radius 3 is 2.66 bits per heavy atom. The van der Waals surface area contributed by atoms with Crippen LogP contribution in [-0.4, -0.2) is 40.9 Å². The van der Waals surface area contributed by atoms with Crippen molar-refractivity contribution >= 4 is 17.5 Å². The summed E-state index contributed by atoms with van der Waals surface area (Å²) in [6, 6.07) is 12.6. The van der Waals surface area contributed by atoms with Crippen molar-refractivity contribution in [3.63, 3.8) is 0 Å². The van der Waals surface area contributed by atoms with Crippen LogP contribution in [0.2, 0.25) is 0 Å². The standard InChI is InChI=1S/C20H20N4O5/c25-19(13-7-9-14(10-8-13)24(27)28)22-21-18-16-5-1-2-6-17(16)20(26)23(18)12-15-4-3-11-29-15/h1-2,5-10,15,18,21H,3-4,11-12H2,(H,22,25). The molecule has 0 bridgehead atoms. The number of nitro benzene ring substituents is 1. The van der Waals surface area contributed by atoms with Gasteiger partial charge in [-0.2, -0.15) is 0 Å². The molecule has 2 N–H and O–H groups in total. The number of non-ortho nitro benzene ring substituents is 1. The number of nitrogens with one attached hydrogen (secondary N) is 2. The summed E-state index contributed by atoms with van der Waals surface area (Å²) in [7, 11) is 0. The summed E-state index contributed by atoms with van der Waals surface area (Å²) >= 11 is 0. The number of hydrazine groups is 1. The first-order valence-electron chi connectivity index (χ1n) is 9.36. The highest BCUT2D eigenvalue weighted by atomic mass is 16.6. The highest BCUT2D eigenvalue weighted by molar-refractivity contribution is 5.99. The molecule has 2 heterocycles. The van der Waals surface area contributed by atoms with Crippen molar-refractivity contribution in [2.24, 2.45) is 0 Å². The average molecular weight is 396 g/mol. The number of carbonyl (C=O) groups is 2. The lowest BCUT2D eigenvalue weighted by molar-refractivity contribution is -0.384. The Kier molecular flexibility index (Phi) is 5.24. The van der Waals surface area contributed by atoms with Crippen molar-refractivity contribution in [2.45, 2.75) is 25.1 Å². The maximum atomic E-state index is 12.9. The molecule has 2 aliphatic heterocycles. The van der Waals surface area contributed by atoms with Crippen LogP contribution in [0.4, 0.5) is 5.69 Å². The summed E-state index contributed by atoms with van der Waals surface area (Å²) in [6.45, 7) is 1.12. The summed E-state index contributed by atoms with van der Waals surface area (Å²) in [5.74, 6) is -0.563. The molecule has 0 radical (unpaired) electrons. The van der Waals surface area contributed by atoms with E-state index in [2.05, 4.69) is 10.9 Å². The quantitative estimate of drug-likeness (QED) is 0.571. The number of hydrogen-bond donors (Lipinski definition) is 2. The van der Waals surface area contributed by atoms with E-state index >= 15 is 0 Å². The maximum absolute atomic E-state index is 12.9. The summed E-state index contributed by atoms with van der Waals surface area (Å²) in [5, 5.41) is 10.8. The van der Waals surface area contributed by atoms with E-state index in [1.54, 1.807) is 17.0 Å². The predicted molar refractivity (Wildman–Crippen MR) is 103 cm³/mol. The van der Waals surface area contributed by atoms with E-state index in [9.17, 15) is 19.7 Å². The normalized spacial score (nSPS) is 20.6. The topological polar surface area (TPSA) is 114 Å². The Morgan fingerprint density at radius 1 is 1.21 bits per heavy atom. The lowest BCUT2D eigenvalue weighted by Gasteiger charge is -2.28. The second-order valence-electron chi connectivity index (χ2n) is 6.98. The highest BCUT2D eigenvalue weighted by Crippen LogP contribution is 2.32. The van der Waals surface area contributed by atoms with Crippen LogP contribution in [0.25, 0.3) is 0 Å². The van der Waals surface area contributed by atoms with Gasteiger partial charge in [0.1, 0.15) is 6.17 Å². The Hall–Kier alpha value is -3.30. The zero-order valence-corrected chi connectivity index (χ0v) is 15.5. The van der Waals surface area contributed by atoms with Crippen LogP contribution >= 0.6 is 0 Å². The van der Waals surface area contributed by atoms with Crippen LogP contribution in [0.5, 0.6) is 0 Å². The SMILES string of the molecule is O=C(NNC1c2ccccc2C(=O)N1CC1CCCO1)c1ccc([N+](=O)[O-])cc1. The third-order valence-corrected chi connectivity index (χ3v) is 5.15. The lowest BCUT2D eigenvalue weighted by atomic mass is 10.1. The van der Waals surface area contributed by atoms with Crippen LogP contribution < -0.4 is 10.9 Å². The first-order chi connectivity index (χ1) is 14.0. The van der Waals surface area contributed by atoms with Gasteiger partial charge in [0.15, 0.2) is 0 Å².